The predicted molar refractivity (Wildman–Crippen MR) is 129 cm³/mol. The highest BCUT2D eigenvalue weighted by atomic mass is 16.5. The van der Waals surface area contributed by atoms with E-state index in [-0.39, 0.29) is 5.41 Å². The highest BCUT2D eigenvalue weighted by Crippen LogP contribution is 2.52. The second kappa shape index (κ2) is 7.59. The molecule has 1 heterocycles. The van der Waals surface area contributed by atoms with E-state index in [1.165, 1.54) is 38.9 Å². The molecule has 0 bridgehead atoms. The molecule has 4 aromatic carbocycles. The Morgan fingerprint density at radius 2 is 1.19 bits per heavy atom. The first-order valence-corrected chi connectivity index (χ1v) is 10.8. The summed E-state index contributed by atoms with van der Waals surface area (Å²) in [6.45, 7) is 8.32. The van der Waals surface area contributed by atoms with Gasteiger partial charge in [-0.15, -0.1) is 0 Å². The molecule has 0 atom stereocenters. The first kappa shape index (κ1) is 19.4. The van der Waals surface area contributed by atoms with Crippen molar-refractivity contribution in [1.29, 1.82) is 0 Å². The van der Waals surface area contributed by atoms with Crippen molar-refractivity contribution in [3.8, 4) is 16.9 Å². The van der Waals surface area contributed by atoms with Crippen molar-refractivity contribution in [3.05, 3.63) is 137 Å². The Labute approximate surface area is 184 Å². The number of hydrogen-bond acceptors (Lipinski definition) is 1. The van der Waals surface area contributed by atoms with Gasteiger partial charge in [0.25, 0.3) is 0 Å². The molecule has 6 rings (SSSR count). The molecule has 152 valence electrons. The molecule has 0 saturated heterocycles. The van der Waals surface area contributed by atoms with Gasteiger partial charge < -0.3 is 4.74 Å². The highest BCUT2D eigenvalue weighted by molar-refractivity contribution is 5.83. The van der Waals surface area contributed by atoms with E-state index in [1.807, 2.05) is 18.2 Å². The van der Waals surface area contributed by atoms with Gasteiger partial charge in [0.2, 0.25) is 0 Å². The van der Waals surface area contributed by atoms with Crippen molar-refractivity contribution in [1.82, 2.24) is 0 Å². The van der Waals surface area contributed by atoms with E-state index < -0.39 is 0 Å². The van der Waals surface area contributed by atoms with Crippen molar-refractivity contribution in [2.45, 2.75) is 25.7 Å². The average Bonchev–Trinajstić information content (AvgIpc) is 3.30. The van der Waals surface area contributed by atoms with Crippen molar-refractivity contribution in [3.63, 3.8) is 0 Å². The summed E-state index contributed by atoms with van der Waals surface area (Å²) < 4.78 is 5.31. The molecule has 2 aliphatic rings. The van der Waals surface area contributed by atoms with Crippen molar-refractivity contribution < 1.29 is 4.74 Å². The van der Waals surface area contributed by atoms with Gasteiger partial charge >= 0.3 is 0 Å². The fourth-order valence-corrected chi connectivity index (χ4v) is 5.03. The summed E-state index contributed by atoms with van der Waals surface area (Å²) in [6, 6.07) is 34.4. The van der Waals surface area contributed by atoms with Crippen molar-refractivity contribution in [2.24, 2.45) is 0 Å². The number of rotatable bonds is 1. The zero-order valence-corrected chi connectivity index (χ0v) is 18.1. The van der Waals surface area contributed by atoms with Crippen LogP contribution in [0, 0.1) is 6.92 Å². The largest absolute Gasteiger partial charge is 0.462 e. The van der Waals surface area contributed by atoms with E-state index in [9.17, 15) is 0 Å². The lowest BCUT2D eigenvalue weighted by Gasteiger charge is -2.29. The van der Waals surface area contributed by atoms with E-state index in [0.717, 1.165) is 17.9 Å². The van der Waals surface area contributed by atoms with Gasteiger partial charge in [0.1, 0.15) is 11.5 Å². The Morgan fingerprint density at radius 3 is 1.81 bits per heavy atom. The van der Waals surface area contributed by atoms with Crippen LogP contribution in [-0.2, 0) is 11.8 Å². The standard InChI is InChI=1S/C21H18.C9H8O/c1-15-9-3-6-12-18(15)21(2)19-13-7-4-10-16(19)17-11-5-8-14-20(17)21;1-7-6-8-4-2-3-5-9(8)10-7/h3-14H,1-2H3;2-5H,1,6H2. The molecule has 0 saturated carbocycles. The fraction of sp³-hybridized carbons (Fsp3) is 0.133. The monoisotopic (exact) mass is 402 g/mol. The molecule has 31 heavy (non-hydrogen) atoms. The van der Waals surface area contributed by atoms with E-state index in [1.54, 1.807) is 0 Å². The molecule has 0 spiro atoms. The third kappa shape index (κ3) is 3.18. The van der Waals surface area contributed by atoms with Crippen LogP contribution in [0.1, 0.15) is 34.7 Å². The summed E-state index contributed by atoms with van der Waals surface area (Å²) in [4.78, 5) is 0. The molecule has 1 aliphatic carbocycles. The summed E-state index contributed by atoms with van der Waals surface area (Å²) in [5.74, 6) is 1.81. The maximum absolute atomic E-state index is 5.31. The summed E-state index contributed by atoms with van der Waals surface area (Å²) >= 11 is 0. The van der Waals surface area contributed by atoms with Crippen molar-refractivity contribution >= 4 is 0 Å². The molecule has 0 amide bonds. The quantitative estimate of drug-likeness (QED) is 0.321. The molecule has 0 unspecified atom stereocenters. The van der Waals surface area contributed by atoms with Gasteiger partial charge in [0.15, 0.2) is 0 Å². The number of benzene rings is 4. The minimum atomic E-state index is -0.0570. The summed E-state index contributed by atoms with van der Waals surface area (Å²) in [7, 11) is 0. The number of hydrogen-bond donors (Lipinski definition) is 0. The fourth-order valence-electron chi connectivity index (χ4n) is 5.03. The van der Waals surface area contributed by atoms with E-state index in [2.05, 4.69) is 99.3 Å². The summed E-state index contributed by atoms with van der Waals surface area (Å²) in [5, 5.41) is 0. The third-order valence-electron chi connectivity index (χ3n) is 6.52. The van der Waals surface area contributed by atoms with Crippen LogP contribution in [0.4, 0.5) is 0 Å². The van der Waals surface area contributed by atoms with Gasteiger partial charge in [-0.1, -0.05) is 97.6 Å². The number of ether oxygens (including phenoxy) is 1. The van der Waals surface area contributed by atoms with E-state index in [0.29, 0.717) is 0 Å². The lowest BCUT2D eigenvalue weighted by molar-refractivity contribution is 0.449. The first-order valence-electron chi connectivity index (χ1n) is 10.8. The molecule has 1 nitrogen and oxygen atoms in total. The Hall–Kier alpha value is -3.58. The first-order chi connectivity index (χ1) is 15.1. The molecule has 1 heteroatoms. The Morgan fingerprint density at radius 1 is 0.677 bits per heavy atom. The molecule has 0 N–H and O–H groups in total. The highest BCUT2D eigenvalue weighted by Gasteiger charge is 2.40. The molecule has 0 aromatic heterocycles. The van der Waals surface area contributed by atoms with Crippen molar-refractivity contribution in [2.75, 3.05) is 0 Å². The minimum Gasteiger partial charge on any atom is -0.462 e. The average molecular weight is 403 g/mol. The van der Waals surface area contributed by atoms with Crippen LogP contribution in [0.3, 0.4) is 0 Å². The van der Waals surface area contributed by atoms with Gasteiger partial charge in [-0.2, -0.15) is 0 Å². The maximum atomic E-state index is 5.31. The van der Waals surface area contributed by atoms with Gasteiger partial charge in [-0.05, 0) is 53.3 Å². The molecule has 4 aromatic rings. The van der Waals surface area contributed by atoms with Crippen LogP contribution in [-0.4, -0.2) is 0 Å². The molecular formula is C30H26O. The second-order valence-electron chi connectivity index (χ2n) is 8.46. The Kier molecular flexibility index (Phi) is 4.75. The van der Waals surface area contributed by atoms with Crippen LogP contribution in [0.25, 0.3) is 11.1 Å². The Balaban J connectivity index is 0.000000171. The summed E-state index contributed by atoms with van der Waals surface area (Å²) in [6.07, 6.45) is 0.871. The smallest absolute Gasteiger partial charge is 0.130 e. The number of para-hydroxylation sites is 1. The third-order valence-corrected chi connectivity index (χ3v) is 6.52. The van der Waals surface area contributed by atoms with E-state index in [4.69, 9.17) is 4.74 Å². The predicted octanol–water partition coefficient (Wildman–Crippen LogP) is 7.46. The van der Waals surface area contributed by atoms with Crippen LogP contribution in [0.5, 0.6) is 5.75 Å². The molecule has 1 aliphatic heterocycles. The van der Waals surface area contributed by atoms with Gasteiger partial charge in [0.05, 0.1) is 0 Å². The van der Waals surface area contributed by atoms with Crippen LogP contribution in [0.15, 0.2) is 109 Å². The number of allylic oxidation sites excluding steroid dienone is 1. The summed E-state index contributed by atoms with van der Waals surface area (Å²) in [5.41, 5.74) is 9.53. The van der Waals surface area contributed by atoms with Crippen LogP contribution < -0.4 is 4.74 Å². The van der Waals surface area contributed by atoms with E-state index >= 15 is 0 Å². The Bertz CT molecular complexity index is 1210. The minimum absolute atomic E-state index is 0.0570. The van der Waals surface area contributed by atoms with Crippen LogP contribution in [0.2, 0.25) is 0 Å². The van der Waals surface area contributed by atoms with Gasteiger partial charge in [-0.25, -0.2) is 0 Å². The lowest BCUT2D eigenvalue weighted by Crippen LogP contribution is -2.23. The SMILES string of the molecule is C=C1Cc2ccccc2O1.Cc1ccccc1C1(C)c2ccccc2-c2ccccc21. The maximum Gasteiger partial charge on any atom is 0.130 e. The molecular weight excluding hydrogens is 376 g/mol. The zero-order valence-electron chi connectivity index (χ0n) is 18.1. The second-order valence-corrected chi connectivity index (χ2v) is 8.46. The van der Waals surface area contributed by atoms with Gasteiger partial charge in [0, 0.05) is 17.4 Å². The van der Waals surface area contributed by atoms with Crippen LogP contribution >= 0.6 is 0 Å². The number of fused-ring (bicyclic) bond motifs is 4. The normalized spacial score (nSPS) is 14.6. The molecule has 0 fully saturated rings. The topological polar surface area (TPSA) is 9.23 Å². The zero-order chi connectivity index (χ0) is 21.4. The van der Waals surface area contributed by atoms with Gasteiger partial charge in [-0.3, -0.25) is 0 Å². The lowest BCUT2D eigenvalue weighted by atomic mass is 9.73. The molecule has 0 radical (unpaired) electrons. The number of aryl methyl sites for hydroxylation is 1.